The van der Waals surface area contributed by atoms with Crippen LogP contribution >= 0.6 is 0 Å². The molecule has 27 heavy (non-hydrogen) atoms. The zero-order valence-corrected chi connectivity index (χ0v) is 17.8. The van der Waals surface area contributed by atoms with E-state index in [0.29, 0.717) is 5.56 Å². The lowest BCUT2D eigenvalue weighted by Crippen LogP contribution is -2.15. The summed E-state index contributed by atoms with van der Waals surface area (Å²) in [4.78, 5) is 0. The van der Waals surface area contributed by atoms with Crippen LogP contribution in [-0.2, 0) is 0 Å². The van der Waals surface area contributed by atoms with Crippen molar-refractivity contribution in [1.29, 1.82) is 5.26 Å². The summed E-state index contributed by atoms with van der Waals surface area (Å²) in [7, 11) is 0. The summed E-state index contributed by atoms with van der Waals surface area (Å²) >= 11 is 0. The minimum Gasteiger partial charge on any atom is -0.399 e. The first-order valence-corrected chi connectivity index (χ1v) is 9.19. The first kappa shape index (κ1) is 22.3. The second kappa shape index (κ2) is 9.24. The summed E-state index contributed by atoms with van der Waals surface area (Å²) in [6.45, 7) is 22.8. The molecule has 1 unspecified atom stereocenters. The van der Waals surface area contributed by atoms with Crippen molar-refractivity contribution in [2.75, 3.05) is 0 Å². The lowest BCUT2D eigenvalue weighted by Gasteiger charge is -2.30. The Morgan fingerprint density at radius 2 is 1.63 bits per heavy atom. The fourth-order valence-electron chi connectivity index (χ4n) is 3.64. The highest BCUT2D eigenvalue weighted by molar-refractivity contribution is 5.58. The van der Waals surface area contributed by atoms with Crippen LogP contribution in [0.4, 0.5) is 0 Å². The lowest BCUT2D eigenvalue weighted by atomic mass is 9.74. The zero-order chi connectivity index (χ0) is 20.9. The molecule has 0 fully saturated rings. The normalized spacial score (nSPS) is 13.3. The van der Waals surface area contributed by atoms with Crippen molar-refractivity contribution in [3.05, 3.63) is 93.3 Å². The van der Waals surface area contributed by atoms with Crippen LogP contribution in [0.1, 0.15) is 64.2 Å². The summed E-state index contributed by atoms with van der Waals surface area (Å²) < 4.78 is 0. The number of benzene rings is 1. The maximum Gasteiger partial charge on any atom is 0.0991 e. The molecular formula is C25H32N2. The molecular weight excluding hydrogens is 328 g/mol. The topological polar surface area (TPSA) is 49.8 Å². The number of nitriles is 1. The maximum absolute atomic E-state index is 9.25. The van der Waals surface area contributed by atoms with Crippen LogP contribution in [0.5, 0.6) is 0 Å². The molecule has 2 heteroatoms. The monoisotopic (exact) mass is 360 g/mol. The van der Waals surface area contributed by atoms with E-state index in [0.717, 1.165) is 39.1 Å². The molecule has 0 aliphatic rings. The van der Waals surface area contributed by atoms with Gasteiger partial charge in [0, 0.05) is 11.6 Å². The van der Waals surface area contributed by atoms with Gasteiger partial charge in [-0.1, -0.05) is 42.0 Å². The quantitative estimate of drug-likeness (QED) is 0.580. The average molecular weight is 361 g/mol. The number of nitrogens with zero attached hydrogens (tertiary/aromatic N) is 1. The molecule has 2 N–H and O–H groups in total. The van der Waals surface area contributed by atoms with E-state index in [1.807, 2.05) is 52.0 Å². The molecule has 2 nitrogen and oxygen atoms in total. The molecule has 0 amide bonds. The van der Waals surface area contributed by atoms with E-state index >= 15 is 0 Å². The number of hydrogen-bond acceptors (Lipinski definition) is 2. The highest BCUT2D eigenvalue weighted by atomic mass is 14.6. The van der Waals surface area contributed by atoms with Crippen LogP contribution in [0.3, 0.4) is 0 Å². The summed E-state index contributed by atoms with van der Waals surface area (Å²) in [5.74, 6) is -0.0313. The molecule has 0 aliphatic heterocycles. The van der Waals surface area contributed by atoms with Gasteiger partial charge in [0.2, 0.25) is 0 Å². The van der Waals surface area contributed by atoms with Gasteiger partial charge in [-0.2, -0.15) is 5.26 Å². The average Bonchev–Trinajstić information content (AvgIpc) is 2.59. The number of hydrogen-bond donors (Lipinski definition) is 1. The molecule has 0 bridgehead atoms. The molecule has 0 saturated heterocycles. The van der Waals surface area contributed by atoms with Crippen LogP contribution in [0.15, 0.2) is 76.6 Å². The van der Waals surface area contributed by atoms with Crippen LogP contribution in [0.2, 0.25) is 0 Å². The van der Waals surface area contributed by atoms with E-state index < -0.39 is 0 Å². The predicted molar refractivity (Wildman–Crippen MR) is 117 cm³/mol. The smallest absolute Gasteiger partial charge is 0.0991 e. The molecule has 0 radical (unpaired) electrons. The molecule has 1 rings (SSSR count). The molecule has 0 aliphatic carbocycles. The van der Waals surface area contributed by atoms with Gasteiger partial charge in [0.05, 0.1) is 11.6 Å². The molecule has 1 aromatic carbocycles. The Labute approximate surface area is 165 Å². The summed E-state index contributed by atoms with van der Waals surface area (Å²) in [5, 5.41) is 9.25. The van der Waals surface area contributed by atoms with Crippen molar-refractivity contribution in [2.45, 2.75) is 54.4 Å². The van der Waals surface area contributed by atoms with Crippen molar-refractivity contribution in [3.8, 4) is 6.07 Å². The third-order valence-corrected chi connectivity index (χ3v) is 4.89. The van der Waals surface area contributed by atoms with Crippen molar-refractivity contribution in [3.63, 3.8) is 0 Å². The molecule has 0 saturated carbocycles. The zero-order valence-electron chi connectivity index (χ0n) is 17.8. The molecule has 0 spiro atoms. The molecule has 142 valence electrons. The van der Waals surface area contributed by atoms with E-state index in [1.165, 1.54) is 11.1 Å². The van der Waals surface area contributed by atoms with Crippen LogP contribution in [0.25, 0.3) is 0 Å². The summed E-state index contributed by atoms with van der Waals surface area (Å²) in [5.41, 5.74) is 16.5. The fraction of sp³-hybridized carbons (Fsp3) is 0.320. The fourth-order valence-corrected chi connectivity index (χ4v) is 3.64. The highest BCUT2D eigenvalue weighted by Crippen LogP contribution is 2.43. The summed E-state index contributed by atoms with van der Waals surface area (Å²) in [6, 6.07) is 8.08. The predicted octanol–water partition coefficient (Wildman–Crippen LogP) is 6.62. The van der Waals surface area contributed by atoms with Gasteiger partial charge in [0.15, 0.2) is 0 Å². The van der Waals surface area contributed by atoms with Crippen molar-refractivity contribution >= 4 is 0 Å². The van der Waals surface area contributed by atoms with Gasteiger partial charge < -0.3 is 5.73 Å². The number of aryl methyl sites for hydroxylation is 1. The third kappa shape index (κ3) is 4.89. The maximum atomic E-state index is 9.25. The van der Waals surface area contributed by atoms with Crippen molar-refractivity contribution in [2.24, 2.45) is 5.73 Å². The van der Waals surface area contributed by atoms with E-state index in [-0.39, 0.29) is 5.92 Å². The molecule has 1 atom stereocenters. The van der Waals surface area contributed by atoms with Gasteiger partial charge in [-0.15, -0.1) is 0 Å². The summed E-state index contributed by atoms with van der Waals surface area (Å²) in [6.07, 6.45) is 1.92. The van der Waals surface area contributed by atoms with Gasteiger partial charge >= 0.3 is 0 Å². The second-order valence-corrected chi connectivity index (χ2v) is 7.37. The Morgan fingerprint density at radius 3 is 2.00 bits per heavy atom. The van der Waals surface area contributed by atoms with Crippen molar-refractivity contribution in [1.82, 2.24) is 0 Å². The SMILES string of the molecule is C=C(C)C(=C(C)C)C(/C(C(=C)C)=C(C)/C(N)=C\C)c1ccc(C#N)cc1C. The van der Waals surface area contributed by atoms with E-state index in [9.17, 15) is 5.26 Å². The van der Waals surface area contributed by atoms with Gasteiger partial charge in [0.1, 0.15) is 0 Å². The lowest BCUT2D eigenvalue weighted by molar-refractivity contribution is 0.890. The minimum absolute atomic E-state index is 0.0313. The Balaban J connectivity index is 4.02. The van der Waals surface area contributed by atoms with Gasteiger partial charge in [-0.05, 0) is 88.4 Å². The molecule has 1 aromatic rings. The molecule has 0 aromatic heterocycles. The highest BCUT2D eigenvalue weighted by Gasteiger charge is 2.27. The van der Waals surface area contributed by atoms with Crippen LogP contribution in [0, 0.1) is 18.3 Å². The first-order valence-electron chi connectivity index (χ1n) is 9.19. The Morgan fingerprint density at radius 1 is 1.07 bits per heavy atom. The minimum atomic E-state index is -0.0313. The van der Waals surface area contributed by atoms with Crippen LogP contribution in [-0.4, -0.2) is 0 Å². The van der Waals surface area contributed by atoms with Gasteiger partial charge in [-0.25, -0.2) is 0 Å². The van der Waals surface area contributed by atoms with Gasteiger partial charge in [-0.3, -0.25) is 0 Å². The number of rotatable bonds is 6. The second-order valence-electron chi connectivity index (χ2n) is 7.37. The Bertz CT molecular complexity index is 895. The van der Waals surface area contributed by atoms with Crippen molar-refractivity contribution < 1.29 is 0 Å². The first-order chi connectivity index (χ1) is 12.6. The van der Waals surface area contributed by atoms with E-state index in [2.05, 4.69) is 40.0 Å². The van der Waals surface area contributed by atoms with Gasteiger partial charge in [0.25, 0.3) is 0 Å². The Hall–Kier alpha value is -2.79. The largest absolute Gasteiger partial charge is 0.399 e. The number of allylic oxidation sites excluding steroid dienone is 7. The van der Waals surface area contributed by atoms with Crippen LogP contribution < -0.4 is 5.73 Å². The Kier molecular flexibility index (Phi) is 7.61. The third-order valence-electron chi connectivity index (χ3n) is 4.89. The molecule has 0 heterocycles. The standard InChI is InChI=1S/C25H32N2/c1-10-22(27)19(9)24(17(6)7)25(23(15(2)3)16(4)5)21-12-11-20(14-26)13-18(21)8/h10-13,25H,2,6,27H2,1,3-5,7-9H3/b22-10+,24-19+. The number of nitrogens with two attached hydrogens (primary N) is 1. The van der Waals surface area contributed by atoms with E-state index in [4.69, 9.17) is 5.73 Å². The van der Waals surface area contributed by atoms with E-state index in [1.54, 1.807) is 0 Å².